The maximum absolute atomic E-state index is 6.23. The van der Waals surface area contributed by atoms with Crippen LogP contribution in [0.15, 0.2) is 24.4 Å². The number of anilines is 2. The van der Waals surface area contributed by atoms with Crippen molar-refractivity contribution in [3.8, 4) is 11.3 Å². The van der Waals surface area contributed by atoms with Gasteiger partial charge in [-0.15, -0.1) is 0 Å². The van der Waals surface area contributed by atoms with Crippen molar-refractivity contribution in [2.75, 3.05) is 23.7 Å². The monoisotopic (exact) mass is 368 g/mol. The summed E-state index contributed by atoms with van der Waals surface area (Å²) in [7, 11) is 0. The molecule has 2 rings (SSSR count). The van der Waals surface area contributed by atoms with E-state index in [0.717, 1.165) is 31.7 Å². The van der Waals surface area contributed by atoms with E-state index >= 15 is 0 Å². The van der Waals surface area contributed by atoms with Crippen molar-refractivity contribution in [3.05, 3.63) is 34.4 Å². The van der Waals surface area contributed by atoms with E-state index in [-0.39, 0.29) is 0 Å². The molecule has 6 heteroatoms. The molecule has 0 saturated carbocycles. The topological polar surface area (TPSA) is 55.0 Å². The van der Waals surface area contributed by atoms with E-state index in [2.05, 4.69) is 28.7 Å². The maximum Gasteiger partial charge on any atom is 0.152 e. The van der Waals surface area contributed by atoms with Crippen LogP contribution in [0.25, 0.3) is 11.3 Å². The Kier molecular flexibility index (Phi) is 8.87. The van der Waals surface area contributed by atoms with Gasteiger partial charge < -0.3 is 10.6 Å². The van der Waals surface area contributed by atoms with Crippen LogP contribution >= 0.6 is 23.2 Å². The Morgan fingerprint density at radius 2 is 1.88 bits per heavy atom. The molecule has 0 aliphatic carbocycles. The molecule has 2 aromatic rings. The van der Waals surface area contributed by atoms with Gasteiger partial charge in [0.05, 0.1) is 16.2 Å². The summed E-state index contributed by atoms with van der Waals surface area (Å²) in [4.78, 5) is 11.1. The number of nitrogens with two attached hydrogens (primary N) is 1. The van der Waals surface area contributed by atoms with Crippen LogP contribution in [0.2, 0.25) is 10.0 Å². The zero-order chi connectivity index (χ0) is 18.1. The van der Waals surface area contributed by atoms with Crippen molar-refractivity contribution >= 4 is 34.8 Å². The summed E-state index contributed by atoms with van der Waals surface area (Å²) in [6.45, 7) is 10.1. The number of nitrogens with zero attached hydrogens (tertiary/aromatic N) is 3. The number of unbranched alkanes of at least 4 members (excludes halogenated alkanes) is 1. The van der Waals surface area contributed by atoms with E-state index in [9.17, 15) is 0 Å². The zero-order valence-corrected chi connectivity index (χ0v) is 16.3. The largest absolute Gasteiger partial charge is 0.382 e. The standard InChI is InChI=1S/C16H20Cl2N4.C2H6/c1-3-5-9-22(4-2)13-10-20-15(16(19)21-13)11-7-6-8-12(17)14(11)18;1-2/h6-8,10H,3-5,9H2,1-2H3,(H2,19,21);1-2H3. The van der Waals surface area contributed by atoms with Crippen molar-refractivity contribution in [2.45, 2.75) is 40.5 Å². The van der Waals surface area contributed by atoms with Crippen molar-refractivity contribution in [3.63, 3.8) is 0 Å². The molecule has 0 atom stereocenters. The maximum atomic E-state index is 6.23. The van der Waals surface area contributed by atoms with Crippen molar-refractivity contribution in [1.82, 2.24) is 9.97 Å². The SMILES string of the molecule is CC.CCCCN(CC)c1cnc(-c2cccc(Cl)c2Cl)c(N)n1. The highest BCUT2D eigenvalue weighted by Gasteiger charge is 2.14. The van der Waals surface area contributed by atoms with E-state index in [4.69, 9.17) is 28.9 Å². The second-order valence-electron chi connectivity index (χ2n) is 5.00. The minimum absolute atomic E-state index is 0.358. The number of aromatic nitrogens is 2. The molecule has 132 valence electrons. The van der Waals surface area contributed by atoms with Crippen molar-refractivity contribution < 1.29 is 0 Å². The Morgan fingerprint density at radius 1 is 1.17 bits per heavy atom. The lowest BCUT2D eigenvalue weighted by Gasteiger charge is -2.22. The van der Waals surface area contributed by atoms with E-state index < -0.39 is 0 Å². The summed E-state index contributed by atoms with van der Waals surface area (Å²) in [5, 5.41) is 0.916. The summed E-state index contributed by atoms with van der Waals surface area (Å²) in [6.07, 6.45) is 3.98. The molecule has 0 aliphatic rings. The average molecular weight is 369 g/mol. The summed E-state index contributed by atoms with van der Waals surface area (Å²) in [6, 6.07) is 5.38. The molecule has 0 amide bonds. The summed E-state index contributed by atoms with van der Waals surface area (Å²) >= 11 is 12.3. The molecular weight excluding hydrogens is 343 g/mol. The molecule has 0 aliphatic heterocycles. The van der Waals surface area contributed by atoms with Gasteiger partial charge >= 0.3 is 0 Å². The summed E-state index contributed by atoms with van der Waals surface area (Å²) in [5.74, 6) is 1.15. The molecule has 1 aromatic carbocycles. The number of rotatable bonds is 6. The molecule has 0 bridgehead atoms. The van der Waals surface area contributed by atoms with Crippen LogP contribution in [0.4, 0.5) is 11.6 Å². The molecule has 1 aromatic heterocycles. The Balaban J connectivity index is 0.00000139. The van der Waals surface area contributed by atoms with Gasteiger partial charge in [0.15, 0.2) is 5.82 Å². The van der Waals surface area contributed by atoms with Crippen molar-refractivity contribution in [2.24, 2.45) is 0 Å². The van der Waals surface area contributed by atoms with Crippen LogP contribution in [0, 0.1) is 0 Å². The molecule has 1 heterocycles. The molecular formula is C18H26Cl2N4. The normalized spacial score (nSPS) is 10.1. The second kappa shape index (κ2) is 10.4. The van der Waals surface area contributed by atoms with E-state index in [1.807, 2.05) is 26.0 Å². The molecule has 2 N–H and O–H groups in total. The third kappa shape index (κ3) is 4.99. The lowest BCUT2D eigenvalue weighted by molar-refractivity contribution is 0.723. The van der Waals surface area contributed by atoms with Gasteiger partial charge in [-0.05, 0) is 19.4 Å². The second-order valence-corrected chi connectivity index (χ2v) is 5.78. The third-order valence-electron chi connectivity index (χ3n) is 3.48. The van der Waals surface area contributed by atoms with Crippen LogP contribution in [0.3, 0.4) is 0 Å². The Labute approximate surface area is 155 Å². The predicted octanol–water partition coefficient (Wildman–Crippen LogP) is 5.69. The fourth-order valence-electron chi connectivity index (χ4n) is 2.22. The first-order chi connectivity index (χ1) is 11.6. The Bertz CT molecular complexity index is 647. The minimum atomic E-state index is 0.358. The average Bonchev–Trinajstić information content (AvgIpc) is 2.60. The highest BCUT2D eigenvalue weighted by atomic mass is 35.5. The molecule has 24 heavy (non-hydrogen) atoms. The lowest BCUT2D eigenvalue weighted by Crippen LogP contribution is -2.25. The van der Waals surface area contributed by atoms with Gasteiger partial charge in [0.1, 0.15) is 11.5 Å². The van der Waals surface area contributed by atoms with Crippen LogP contribution in [0.1, 0.15) is 40.5 Å². The van der Waals surface area contributed by atoms with Gasteiger partial charge in [-0.1, -0.05) is 62.5 Å². The minimum Gasteiger partial charge on any atom is -0.382 e. The van der Waals surface area contributed by atoms with E-state index in [0.29, 0.717) is 27.1 Å². The van der Waals surface area contributed by atoms with E-state index in [1.165, 1.54) is 0 Å². The summed E-state index contributed by atoms with van der Waals surface area (Å²) < 4.78 is 0. The fraction of sp³-hybridized carbons (Fsp3) is 0.444. The number of halogens is 2. The zero-order valence-electron chi connectivity index (χ0n) is 14.8. The number of nitrogen functional groups attached to an aromatic ring is 1. The summed E-state index contributed by atoms with van der Waals surface area (Å²) in [5.41, 5.74) is 7.35. The van der Waals surface area contributed by atoms with Crippen molar-refractivity contribution in [1.29, 1.82) is 0 Å². The van der Waals surface area contributed by atoms with Crippen LogP contribution in [-0.2, 0) is 0 Å². The highest BCUT2D eigenvalue weighted by molar-refractivity contribution is 6.43. The lowest BCUT2D eigenvalue weighted by atomic mass is 10.1. The fourth-order valence-corrected chi connectivity index (χ4v) is 2.61. The molecule has 0 unspecified atom stereocenters. The third-order valence-corrected chi connectivity index (χ3v) is 4.30. The Hall–Kier alpha value is -1.52. The Morgan fingerprint density at radius 3 is 2.46 bits per heavy atom. The van der Waals surface area contributed by atoms with Crippen LogP contribution in [-0.4, -0.2) is 23.1 Å². The van der Waals surface area contributed by atoms with Gasteiger partial charge in [-0.25, -0.2) is 9.97 Å². The van der Waals surface area contributed by atoms with Gasteiger partial charge in [-0.2, -0.15) is 0 Å². The first kappa shape index (κ1) is 20.5. The number of benzene rings is 1. The highest BCUT2D eigenvalue weighted by Crippen LogP contribution is 2.34. The molecule has 0 saturated heterocycles. The van der Waals surface area contributed by atoms with Gasteiger partial charge in [0.2, 0.25) is 0 Å². The quantitative estimate of drug-likeness (QED) is 0.711. The van der Waals surface area contributed by atoms with Gasteiger partial charge in [0, 0.05) is 18.7 Å². The van der Waals surface area contributed by atoms with Crippen LogP contribution in [0.5, 0.6) is 0 Å². The molecule has 0 spiro atoms. The van der Waals surface area contributed by atoms with Gasteiger partial charge in [-0.3, -0.25) is 0 Å². The van der Waals surface area contributed by atoms with Gasteiger partial charge in [0.25, 0.3) is 0 Å². The molecule has 0 fully saturated rings. The first-order valence-electron chi connectivity index (χ1n) is 8.40. The number of hydrogen-bond donors (Lipinski definition) is 1. The van der Waals surface area contributed by atoms with Crippen LogP contribution < -0.4 is 10.6 Å². The molecule has 4 nitrogen and oxygen atoms in total. The van der Waals surface area contributed by atoms with E-state index in [1.54, 1.807) is 12.3 Å². The number of hydrogen-bond acceptors (Lipinski definition) is 4. The smallest absolute Gasteiger partial charge is 0.152 e. The molecule has 0 radical (unpaired) electrons. The first-order valence-corrected chi connectivity index (χ1v) is 9.15. The predicted molar refractivity (Wildman–Crippen MR) is 106 cm³/mol.